The van der Waals surface area contributed by atoms with Crippen LogP contribution < -0.4 is 4.90 Å². The second kappa shape index (κ2) is 7.26. The Balaban J connectivity index is 1.65. The molecule has 2 aromatic carbocycles. The lowest BCUT2D eigenvalue weighted by Gasteiger charge is -2.28. The molecule has 0 unspecified atom stereocenters. The molecular formula is C20H24N2. The van der Waals surface area contributed by atoms with Crippen molar-refractivity contribution in [3.63, 3.8) is 0 Å². The third-order valence-corrected chi connectivity index (χ3v) is 4.32. The van der Waals surface area contributed by atoms with E-state index in [1.54, 1.807) is 0 Å². The van der Waals surface area contributed by atoms with Gasteiger partial charge in [-0.05, 0) is 61.1 Å². The van der Waals surface area contributed by atoms with Crippen molar-refractivity contribution >= 4 is 17.6 Å². The highest BCUT2D eigenvalue weighted by atomic mass is 15.1. The first kappa shape index (κ1) is 14.8. The Morgan fingerprint density at radius 1 is 0.909 bits per heavy atom. The third kappa shape index (κ3) is 3.76. The molecule has 0 aromatic heterocycles. The predicted octanol–water partition coefficient (Wildman–Crippen LogP) is 4.99. The highest BCUT2D eigenvalue weighted by Crippen LogP contribution is 2.23. The number of aryl methyl sites for hydroxylation is 1. The molecule has 114 valence electrons. The van der Waals surface area contributed by atoms with E-state index in [0.717, 1.165) is 17.7 Å². The molecule has 0 amide bonds. The minimum atomic E-state index is 1.01. The van der Waals surface area contributed by atoms with Gasteiger partial charge in [0.15, 0.2) is 0 Å². The quantitative estimate of drug-likeness (QED) is 0.725. The van der Waals surface area contributed by atoms with Crippen molar-refractivity contribution in [1.29, 1.82) is 0 Å². The van der Waals surface area contributed by atoms with Gasteiger partial charge < -0.3 is 4.90 Å². The summed E-state index contributed by atoms with van der Waals surface area (Å²) in [5.41, 5.74) is 4.85. The van der Waals surface area contributed by atoms with Crippen LogP contribution >= 0.6 is 0 Å². The van der Waals surface area contributed by atoms with E-state index in [2.05, 4.69) is 65.3 Å². The van der Waals surface area contributed by atoms with Gasteiger partial charge in [0.2, 0.25) is 0 Å². The molecule has 1 aliphatic heterocycles. The molecule has 0 radical (unpaired) electrons. The molecule has 0 spiro atoms. The first-order chi connectivity index (χ1) is 10.8. The normalized spacial score (nSPS) is 15.4. The maximum Gasteiger partial charge on any atom is 0.0631 e. The molecule has 2 nitrogen and oxygen atoms in total. The van der Waals surface area contributed by atoms with Crippen LogP contribution in [0.4, 0.5) is 11.4 Å². The summed E-state index contributed by atoms with van der Waals surface area (Å²) in [7, 11) is 0. The molecular weight excluding hydrogens is 268 g/mol. The second-order valence-corrected chi connectivity index (χ2v) is 5.92. The van der Waals surface area contributed by atoms with E-state index in [-0.39, 0.29) is 0 Å². The molecule has 2 heteroatoms. The SMILES string of the molecule is CCc1ccc(C=Nc2ccc(N3CCCCC3)cc2)cc1. The van der Waals surface area contributed by atoms with Crippen LogP contribution in [0, 0.1) is 0 Å². The van der Waals surface area contributed by atoms with Crippen LogP contribution in [0.2, 0.25) is 0 Å². The van der Waals surface area contributed by atoms with Crippen LogP contribution in [0.5, 0.6) is 0 Å². The van der Waals surface area contributed by atoms with Crippen molar-refractivity contribution in [3.8, 4) is 0 Å². The number of benzene rings is 2. The van der Waals surface area contributed by atoms with E-state index in [4.69, 9.17) is 0 Å². The van der Waals surface area contributed by atoms with Crippen LogP contribution in [0.15, 0.2) is 53.5 Å². The maximum atomic E-state index is 4.57. The molecule has 1 fully saturated rings. The highest BCUT2D eigenvalue weighted by Gasteiger charge is 2.10. The summed E-state index contributed by atoms with van der Waals surface area (Å²) in [5, 5.41) is 0. The van der Waals surface area contributed by atoms with Gasteiger partial charge in [0.1, 0.15) is 0 Å². The van der Waals surface area contributed by atoms with E-state index >= 15 is 0 Å². The number of piperidine rings is 1. The van der Waals surface area contributed by atoms with Gasteiger partial charge in [-0.2, -0.15) is 0 Å². The average molecular weight is 292 g/mol. The standard InChI is InChI=1S/C20H24N2/c1-2-17-6-8-18(9-7-17)16-21-19-10-12-20(13-11-19)22-14-4-3-5-15-22/h6-13,16H,2-5,14-15H2,1H3. The lowest BCUT2D eigenvalue weighted by Crippen LogP contribution is -2.29. The highest BCUT2D eigenvalue weighted by molar-refractivity contribution is 5.82. The topological polar surface area (TPSA) is 15.6 Å². The van der Waals surface area contributed by atoms with Gasteiger partial charge in [0.25, 0.3) is 0 Å². The molecule has 2 aromatic rings. The summed E-state index contributed by atoms with van der Waals surface area (Å²) in [6.07, 6.45) is 7.02. The zero-order valence-electron chi connectivity index (χ0n) is 13.3. The van der Waals surface area contributed by atoms with Crippen molar-refractivity contribution < 1.29 is 0 Å². The molecule has 0 N–H and O–H groups in total. The molecule has 0 bridgehead atoms. The van der Waals surface area contributed by atoms with Gasteiger partial charge in [0.05, 0.1) is 5.69 Å². The van der Waals surface area contributed by atoms with Crippen LogP contribution in [0.25, 0.3) is 0 Å². The van der Waals surface area contributed by atoms with E-state index in [0.29, 0.717) is 0 Å². The number of rotatable bonds is 4. The minimum Gasteiger partial charge on any atom is -0.372 e. The number of hydrogen-bond acceptors (Lipinski definition) is 2. The number of aliphatic imine (C=N–C) groups is 1. The summed E-state index contributed by atoms with van der Waals surface area (Å²) in [6, 6.07) is 17.2. The Bertz CT molecular complexity index is 605. The number of anilines is 1. The Kier molecular flexibility index (Phi) is 4.89. The largest absolute Gasteiger partial charge is 0.372 e. The van der Waals surface area contributed by atoms with Crippen molar-refractivity contribution in [1.82, 2.24) is 0 Å². The molecule has 0 atom stereocenters. The Labute approximate surface area is 133 Å². The fourth-order valence-corrected chi connectivity index (χ4v) is 2.89. The van der Waals surface area contributed by atoms with E-state index < -0.39 is 0 Å². The van der Waals surface area contributed by atoms with Crippen LogP contribution in [0.1, 0.15) is 37.3 Å². The molecule has 3 rings (SSSR count). The molecule has 1 aliphatic rings. The lowest BCUT2D eigenvalue weighted by atomic mass is 10.1. The van der Waals surface area contributed by atoms with Crippen molar-refractivity contribution in [3.05, 3.63) is 59.7 Å². The summed E-state index contributed by atoms with van der Waals surface area (Å²) < 4.78 is 0. The molecule has 0 saturated carbocycles. The summed E-state index contributed by atoms with van der Waals surface area (Å²) >= 11 is 0. The van der Waals surface area contributed by atoms with E-state index in [9.17, 15) is 0 Å². The van der Waals surface area contributed by atoms with Crippen LogP contribution in [-0.2, 0) is 6.42 Å². The van der Waals surface area contributed by atoms with Gasteiger partial charge in [-0.3, -0.25) is 4.99 Å². The lowest BCUT2D eigenvalue weighted by molar-refractivity contribution is 0.578. The van der Waals surface area contributed by atoms with E-state index in [1.165, 1.54) is 43.6 Å². The summed E-state index contributed by atoms with van der Waals surface area (Å²) in [6.45, 7) is 4.55. The average Bonchev–Trinajstić information content (AvgIpc) is 2.61. The van der Waals surface area contributed by atoms with Crippen molar-refractivity contribution in [2.24, 2.45) is 4.99 Å². The van der Waals surface area contributed by atoms with Crippen LogP contribution in [-0.4, -0.2) is 19.3 Å². The zero-order chi connectivity index (χ0) is 15.2. The molecule has 1 heterocycles. The summed E-state index contributed by atoms with van der Waals surface area (Å²) in [5.74, 6) is 0. The zero-order valence-corrected chi connectivity index (χ0v) is 13.3. The predicted molar refractivity (Wildman–Crippen MR) is 95.6 cm³/mol. The monoisotopic (exact) mass is 292 g/mol. The van der Waals surface area contributed by atoms with Gasteiger partial charge in [0, 0.05) is 25.0 Å². The van der Waals surface area contributed by atoms with Gasteiger partial charge in [-0.25, -0.2) is 0 Å². The molecule has 0 aliphatic carbocycles. The van der Waals surface area contributed by atoms with Crippen molar-refractivity contribution in [2.75, 3.05) is 18.0 Å². The Hall–Kier alpha value is -2.09. The third-order valence-electron chi connectivity index (χ3n) is 4.32. The van der Waals surface area contributed by atoms with Crippen molar-refractivity contribution in [2.45, 2.75) is 32.6 Å². The van der Waals surface area contributed by atoms with Gasteiger partial charge >= 0.3 is 0 Å². The Morgan fingerprint density at radius 3 is 2.23 bits per heavy atom. The van der Waals surface area contributed by atoms with Gasteiger partial charge in [-0.15, -0.1) is 0 Å². The first-order valence-corrected chi connectivity index (χ1v) is 8.33. The maximum absolute atomic E-state index is 4.57. The first-order valence-electron chi connectivity index (χ1n) is 8.33. The minimum absolute atomic E-state index is 1.01. The smallest absolute Gasteiger partial charge is 0.0631 e. The fourth-order valence-electron chi connectivity index (χ4n) is 2.89. The van der Waals surface area contributed by atoms with Gasteiger partial charge in [-0.1, -0.05) is 31.2 Å². The second-order valence-electron chi connectivity index (χ2n) is 5.92. The number of hydrogen-bond donors (Lipinski definition) is 0. The summed E-state index contributed by atoms with van der Waals surface area (Å²) in [4.78, 5) is 7.05. The van der Waals surface area contributed by atoms with Crippen LogP contribution in [0.3, 0.4) is 0 Å². The molecule has 1 saturated heterocycles. The fraction of sp³-hybridized carbons (Fsp3) is 0.350. The Morgan fingerprint density at radius 2 is 1.59 bits per heavy atom. The number of nitrogens with zero attached hydrogens (tertiary/aromatic N) is 2. The molecule has 22 heavy (non-hydrogen) atoms. The van der Waals surface area contributed by atoms with E-state index in [1.807, 2.05) is 6.21 Å².